The maximum absolute atomic E-state index is 5.77. The number of benzene rings is 1. The third kappa shape index (κ3) is 3.50. The van der Waals surface area contributed by atoms with Crippen LogP contribution in [0.15, 0.2) is 36.7 Å². The summed E-state index contributed by atoms with van der Waals surface area (Å²) in [7, 11) is 0. The molecule has 1 saturated carbocycles. The van der Waals surface area contributed by atoms with Gasteiger partial charge >= 0.3 is 0 Å². The van der Waals surface area contributed by atoms with E-state index in [-0.39, 0.29) is 0 Å². The molecule has 0 bridgehead atoms. The van der Waals surface area contributed by atoms with E-state index in [4.69, 9.17) is 9.72 Å². The SMILES string of the molecule is CCCOc1cncc(-c2nnc3c(C)nc4ccc(CNC5CCC5)cc4n23)c1. The van der Waals surface area contributed by atoms with Crippen LogP contribution in [-0.2, 0) is 6.54 Å². The van der Waals surface area contributed by atoms with Crippen molar-refractivity contribution in [1.82, 2.24) is 29.9 Å². The number of hydrogen-bond donors (Lipinski definition) is 1. The molecule has 0 saturated heterocycles. The van der Waals surface area contributed by atoms with Gasteiger partial charge in [0.05, 0.1) is 29.5 Å². The Kier molecular flexibility index (Phi) is 5.04. The van der Waals surface area contributed by atoms with Crippen molar-refractivity contribution in [2.45, 2.75) is 52.1 Å². The Balaban J connectivity index is 1.60. The summed E-state index contributed by atoms with van der Waals surface area (Å²) in [4.78, 5) is 9.10. The molecular weight excluding hydrogens is 376 g/mol. The number of aryl methyl sites for hydroxylation is 1. The number of hydrogen-bond acceptors (Lipinski definition) is 6. The number of aromatic nitrogens is 5. The summed E-state index contributed by atoms with van der Waals surface area (Å²) >= 11 is 0. The molecule has 0 unspecified atom stereocenters. The summed E-state index contributed by atoms with van der Waals surface area (Å²) in [6.07, 6.45) is 8.37. The standard InChI is InChI=1S/C23H26N6O/c1-3-9-30-19-11-17(13-24-14-19)23-28-27-22-15(2)26-20-8-7-16(10-21(20)29(22)23)12-25-18-5-4-6-18/h7-8,10-11,13-14,18,25H,3-6,9,12H2,1-2H3. The van der Waals surface area contributed by atoms with Crippen LogP contribution in [0.3, 0.4) is 0 Å². The van der Waals surface area contributed by atoms with Gasteiger partial charge in [-0.15, -0.1) is 10.2 Å². The molecule has 5 rings (SSSR count). The lowest BCUT2D eigenvalue weighted by Gasteiger charge is -2.26. The molecule has 1 N–H and O–H groups in total. The molecule has 3 aromatic heterocycles. The Morgan fingerprint density at radius 1 is 1.17 bits per heavy atom. The summed E-state index contributed by atoms with van der Waals surface area (Å²) in [5.74, 6) is 1.49. The molecule has 30 heavy (non-hydrogen) atoms. The minimum Gasteiger partial charge on any atom is -0.492 e. The fourth-order valence-corrected chi connectivity index (χ4v) is 3.83. The van der Waals surface area contributed by atoms with Crippen LogP contribution >= 0.6 is 0 Å². The Morgan fingerprint density at radius 3 is 2.87 bits per heavy atom. The van der Waals surface area contributed by atoms with Gasteiger partial charge in [-0.1, -0.05) is 19.4 Å². The second-order valence-electron chi connectivity index (χ2n) is 7.97. The molecular formula is C23H26N6O. The Bertz CT molecular complexity index is 1200. The zero-order valence-electron chi connectivity index (χ0n) is 17.4. The van der Waals surface area contributed by atoms with E-state index < -0.39 is 0 Å². The highest BCUT2D eigenvalue weighted by molar-refractivity contribution is 5.81. The predicted octanol–water partition coefficient (Wildman–Crippen LogP) is 4.08. The van der Waals surface area contributed by atoms with Gasteiger partial charge in [-0.05, 0) is 49.9 Å². The van der Waals surface area contributed by atoms with Crippen LogP contribution in [0.2, 0.25) is 0 Å². The lowest BCUT2D eigenvalue weighted by Crippen LogP contribution is -2.34. The van der Waals surface area contributed by atoms with Gasteiger partial charge in [0.2, 0.25) is 0 Å². The van der Waals surface area contributed by atoms with E-state index in [1.807, 2.05) is 13.0 Å². The normalized spacial score (nSPS) is 14.3. The van der Waals surface area contributed by atoms with Crippen molar-refractivity contribution in [3.63, 3.8) is 0 Å². The average molecular weight is 403 g/mol. The third-order valence-electron chi connectivity index (χ3n) is 5.70. The molecule has 4 aromatic rings. The largest absolute Gasteiger partial charge is 0.492 e. The first-order valence-corrected chi connectivity index (χ1v) is 10.7. The Morgan fingerprint density at radius 2 is 2.07 bits per heavy atom. The van der Waals surface area contributed by atoms with Crippen LogP contribution in [0.1, 0.15) is 43.9 Å². The van der Waals surface area contributed by atoms with Crippen molar-refractivity contribution in [1.29, 1.82) is 0 Å². The van der Waals surface area contributed by atoms with Crippen LogP contribution in [0, 0.1) is 6.92 Å². The van der Waals surface area contributed by atoms with Crippen molar-refractivity contribution in [3.05, 3.63) is 47.9 Å². The van der Waals surface area contributed by atoms with E-state index >= 15 is 0 Å². The summed E-state index contributed by atoms with van der Waals surface area (Å²) < 4.78 is 7.85. The first-order chi connectivity index (χ1) is 14.7. The van der Waals surface area contributed by atoms with Crippen molar-refractivity contribution in [3.8, 4) is 17.1 Å². The molecule has 154 valence electrons. The van der Waals surface area contributed by atoms with Gasteiger partial charge in [0.1, 0.15) is 5.75 Å². The monoisotopic (exact) mass is 402 g/mol. The molecule has 1 aliphatic carbocycles. The van der Waals surface area contributed by atoms with E-state index in [1.54, 1.807) is 12.4 Å². The summed E-state index contributed by atoms with van der Waals surface area (Å²) in [5.41, 5.74) is 5.66. The summed E-state index contributed by atoms with van der Waals surface area (Å²) in [6, 6.07) is 9.06. The molecule has 0 aliphatic heterocycles. The summed E-state index contributed by atoms with van der Waals surface area (Å²) in [6.45, 7) is 5.57. The molecule has 0 atom stereocenters. The molecule has 0 amide bonds. The first kappa shape index (κ1) is 18.9. The predicted molar refractivity (Wildman–Crippen MR) is 117 cm³/mol. The maximum Gasteiger partial charge on any atom is 0.183 e. The van der Waals surface area contributed by atoms with E-state index in [2.05, 4.69) is 50.0 Å². The number of ether oxygens (including phenoxy) is 1. The molecule has 1 aliphatic rings. The van der Waals surface area contributed by atoms with E-state index in [0.717, 1.165) is 52.5 Å². The zero-order chi connectivity index (χ0) is 20.5. The second kappa shape index (κ2) is 7.99. The highest BCUT2D eigenvalue weighted by Gasteiger charge is 2.18. The van der Waals surface area contributed by atoms with Crippen molar-refractivity contribution in [2.24, 2.45) is 0 Å². The van der Waals surface area contributed by atoms with E-state index in [9.17, 15) is 0 Å². The van der Waals surface area contributed by atoms with E-state index in [1.165, 1.54) is 24.8 Å². The summed E-state index contributed by atoms with van der Waals surface area (Å²) in [5, 5.41) is 12.6. The fourth-order valence-electron chi connectivity index (χ4n) is 3.83. The van der Waals surface area contributed by atoms with Gasteiger partial charge in [-0.25, -0.2) is 4.98 Å². The number of nitrogens with one attached hydrogen (secondary N) is 1. The molecule has 7 heteroatoms. The van der Waals surface area contributed by atoms with Crippen molar-refractivity contribution < 1.29 is 4.74 Å². The van der Waals surface area contributed by atoms with Crippen molar-refractivity contribution in [2.75, 3.05) is 6.61 Å². The second-order valence-corrected chi connectivity index (χ2v) is 7.97. The lowest BCUT2D eigenvalue weighted by molar-refractivity contribution is 0.316. The highest BCUT2D eigenvalue weighted by Crippen LogP contribution is 2.27. The zero-order valence-corrected chi connectivity index (χ0v) is 17.4. The minimum absolute atomic E-state index is 0.652. The van der Waals surface area contributed by atoms with Gasteiger partial charge in [0.25, 0.3) is 0 Å². The van der Waals surface area contributed by atoms with E-state index in [0.29, 0.717) is 12.6 Å². The molecule has 1 aromatic carbocycles. The number of rotatable bonds is 7. The molecule has 0 radical (unpaired) electrons. The van der Waals surface area contributed by atoms with Crippen molar-refractivity contribution >= 4 is 16.7 Å². The lowest BCUT2D eigenvalue weighted by atomic mass is 9.93. The smallest absolute Gasteiger partial charge is 0.183 e. The molecule has 3 heterocycles. The molecule has 7 nitrogen and oxygen atoms in total. The quantitative estimate of drug-likeness (QED) is 0.502. The van der Waals surface area contributed by atoms with Gasteiger partial charge < -0.3 is 10.1 Å². The Labute approximate surface area is 175 Å². The fraction of sp³-hybridized carbons (Fsp3) is 0.391. The number of fused-ring (bicyclic) bond motifs is 3. The van der Waals surface area contributed by atoms with Crippen LogP contribution in [0.25, 0.3) is 28.1 Å². The molecule has 1 fully saturated rings. The maximum atomic E-state index is 5.77. The third-order valence-corrected chi connectivity index (χ3v) is 5.70. The van der Waals surface area contributed by atoms with Gasteiger partial charge in [-0.2, -0.15) is 0 Å². The van der Waals surface area contributed by atoms with Gasteiger partial charge in [0, 0.05) is 24.3 Å². The molecule has 0 spiro atoms. The highest BCUT2D eigenvalue weighted by atomic mass is 16.5. The first-order valence-electron chi connectivity index (χ1n) is 10.7. The van der Waals surface area contributed by atoms with Crippen LogP contribution in [0.4, 0.5) is 0 Å². The Hall–Kier alpha value is -3.06. The van der Waals surface area contributed by atoms with Crippen LogP contribution in [-0.4, -0.2) is 37.2 Å². The van der Waals surface area contributed by atoms with Gasteiger partial charge in [0.15, 0.2) is 11.5 Å². The van der Waals surface area contributed by atoms with Crippen LogP contribution in [0.5, 0.6) is 5.75 Å². The number of pyridine rings is 1. The topological polar surface area (TPSA) is 77.2 Å². The average Bonchev–Trinajstić information content (AvgIpc) is 3.18. The minimum atomic E-state index is 0.652. The van der Waals surface area contributed by atoms with Gasteiger partial charge in [-0.3, -0.25) is 9.38 Å². The number of nitrogens with zero attached hydrogens (tertiary/aromatic N) is 5. The van der Waals surface area contributed by atoms with Crippen LogP contribution < -0.4 is 10.1 Å².